The summed E-state index contributed by atoms with van der Waals surface area (Å²) in [5.74, 6) is 0.981. The number of fused-ring (bicyclic) bond motifs is 1. The minimum absolute atomic E-state index is 0.165. The van der Waals surface area contributed by atoms with Crippen LogP contribution >= 0.6 is 0 Å². The molecule has 1 aromatic carbocycles. The van der Waals surface area contributed by atoms with Crippen LogP contribution in [0.3, 0.4) is 0 Å². The lowest BCUT2D eigenvalue weighted by Crippen LogP contribution is -2.31. The first-order chi connectivity index (χ1) is 9.75. The van der Waals surface area contributed by atoms with Crippen molar-refractivity contribution >= 4 is 0 Å². The summed E-state index contributed by atoms with van der Waals surface area (Å²) in [5, 5.41) is 0. The Morgan fingerprint density at radius 3 is 2.75 bits per heavy atom. The zero-order valence-electron chi connectivity index (χ0n) is 11.9. The first kappa shape index (κ1) is 13.1. The molecule has 0 saturated carbocycles. The van der Waals surface area contributed by atoms with E-state index in [1.54, 1.807) is 0 Å². The third-order valence-electron chi connectivity index (χ3n) is 4.10. The highest BCUT2D eigenvalue weighted by molar-refractivity contribution is 5.21. The quantitative estimate of drug-likeness (QED) is 0.858. The van der Waals surface area contributed by atoms with E-state index < -0.39 is 0 Å². The molecule has 20 heavy (non-hydrogen) atoms. The number of aryl methyl sites for hydroxylation is 3. The van der Waals surface area contributed by atoms with E-state index in [9.17, 15) is 4.79 Å². The zero-order valence-corrected chi connectivity index (χ0v) is 11.9. The number of aromatic nitrogens is 2. The smallest absolute Gasteiger partial charge is 0.256 e. The van der Waals surface area contributed by atoms with E-state index >= 15 is 0 Å². The summed E-state index contributed by atoms with van der Waals surface area (Å²) in [6.45, 7) is 2.75. The first-order valence-corrected chi connectivity index (χ1v) is 7.39. The van der Waals surface area contributed by atoms with Gasteiger partial charge in [0.25, 0.3) is 5.56 Å². The summed E-state index contributed by atoms with van der Waals surface area (Å²) in [6, 6.07) is 10.4. The van der Waals surface area contributed by atoms with Crippen molar-refractivity contribution in [2.75, 3.05) is 0 Å². The van der Waals surface area contributed by atoms with Crippen molar-refractivity contribution in [2.24, 2.45) is 0 Å². The monoisotopic (exact) mass is 268 g/mol. The topological polar surface area (TPSA) is 34.9 Å². The minimum Gasteiger partial charge on any atom is -0.296 e. The second-order valence-corrected chi connectivity index (χ2v) is 5.50. The van der Waals surface area contributed by atoms with Gasteiger partial charge in [-0.25, -0.2) is 4.98 Å². The van der Waals surface area contributed by atoms with Crippen molar-refractivity contribution in [2.45, 2.75) is 45.6 Å². The molecule has 0 radical (unpaired) electrons. The van der Waals surface area contributed by atoms with Gasteiger partial charge in [0.05, 0.1) is 5.69 Å². The van der Waals surface area contributed by atoms with E-state index in [0.29, 0.717) is 0 Å². The predicted octanol–water partition coefficient (Wildman–Crippen LogP) is 2.67. The van der Waals surface area contributed by atoms with E-state index in [4.69, 9.17) is 4.98 Å². The van der Waals surface area contributed by atoms with Gasteiger partial charge in [-0.05, 0) is 38.2 Å². The molecule has 0 fully saturated rings. The highest BCUT2D eigenvalue weighted by Crippen LogP contribution is 2.14. The van der Waals surface area contributed by atoms with E-state index in [-0.39, 0.29) is 5.56 Å². The lowest BCUT2D eigenvalue weighted by Gasteiger charge is -2.19. The van der Waals surface area contributed by atoms with E-state index in [2.05, 4.69) is 24.3 Å². The lowest BCUT2D eigenvalue weighted by molar-refractivity contribution is 0.489. The predicted molar refractivity (Wildman–Crippen MR) is 80.0 cm³/mol. The molecule has 0 N–H and O–H groups in total. The highest BCUT2D eigenvalue weighted by atomic mass is 16.1. The van der Waals surface area contributed by atoms with Crippen LogP contribution in [0.5, 0.6) is 0 Å². The van der Waals surface area contributed by atoms with Crippen molar-refractivity contribution in [3.05, 3.63) is 63.3 Å². The summed E-state index contributed by atoms with van der Waals surface area (Å²) < 4.78 is 1.87. The van der Waals surface area contributed by atoms with Crippen LogP contribution in [0, 0.1) is 6.92 Å². The molecule has 0 unspecified atom stereocenters. The molecule has 104 valence electrons. The number of rotatable bonds is 3. The average Bonchev–Trinajstić information content (AvgIpc) is 2.50. The highest BCUT2D eigenvalue weighted by Gasteiger charge is 2.16. The van der Waals surface area contributed by atoms with Gasteiger partial charge in [-0.2, -0.15) is 0 Å². The van der Waals surface area contributed by atoms with Gasteiger partial charge >= 0.3 is 0 Å². The van der Waals surface area contributed by atoms with Crippen LogP contribution in [0.25, 0.3) is 0 Å². The molecule has 2 heterocycles. The molecule has 0 atom stereocenters. The maximum absolute atomic E-state index is 12.4. The Hall–Kier alpha value is -1.90. The summed E-state index contributed by atoms with van der Waals surface area (Å²) in [6.07, 6.45) is 4.97. The summed E-state index contributed by atoms with van der Waals surface area (Å²) >= 11 is 0. The molecule has 0 spiro atoms. The van der Waals surface area contributed by atoms with Crippen molar-refractivity contribution < 1.29 is 0 Å². The third-order valence-corrected chi connectivity index (χ3v) is 4.10. The van der Waals surface area contributed by atoms with Crippen LogP contribution in [0.1, 0.15) is 35.5 Å². The number of nitrogens with zero attached hydrogens (tertiary/aromatic N) is 2. The molecule has 1 aromatic heterocycles. The van der Waals surface area contributed by atoms with E-state index in [1.165, 1.54) is 5.56 Å². The van der Waals surface area contributed by atoms with Crippen LogP contribution in [0.15, 0.2) is 35.1 Å². The fraction of sp³-hybridized carbons (Fsp3) is 0.412. The largest absolute Gasteiger partial charge is 0.296 e. The Morgan fingerprint density at radius 2 is 1.95 bits per heavy atom. The van der Waals surface area contributed by atoms with Crippen LogP contribution < -0.4 is 5.56 Å². The standard InChI is InChI=1S/C17H20N2O/c1-13-15(11-10-14-7-3-2-4-8-14)18-16-9-5-6-12-19(16)17(13)20/h2-4,7-8H,5-6,9-12H2,1H3. The molecule has 0 aliphatic carbocycles. The van der Waals surface area contributed by atoms with E-state index in [0.717, 1.165) is 55.7 Å². The van der Waals surface area contributed by atoms with Crippen molar-refractivity contribution in [3.63, 3.8) is 0 Å². The Morgan fingerprint density at radius 1 is 1.15 bits per heavy atom. The van der Waals surface area contributed by atoms with Gasteiger partial charge in [0.15, 0.2) is 0 Å². The molecular formula is C17H20N2O. The lowest BCUT2D eigenvalue weighted by atomic mass is 10.0. The fourth-order valence-corrected chi connectivity index (χ4v) is 2.87. The Bertz CT molecular complexity index is 659. The van der Waals surface area contributed by atoms with Gasteiger partial charge in [0.2, 0.25) is 0 Å². The molecular weight excluding hydrogens is 248 g/mol. The first-order valence-electron chi connectivity index (χ1n) is 7.39. The van der Waals surface area contributed by atoms with Crippen molar-refractivity contribution in [1.82, 2.24) is 9.55 Å². The average molecular weight is 268 g/mol. The molecule has 3 heteroatoms. The summed E-state index contributed by atoms with van der Waals surface area (Å²) in [7, 11) is 0. The van der Waals surface area contributed by atoms with Crippen LogP contribution in [0.4, 0.5) is 0 Å². The van der Waals surface area contributed by atoms with Crippen molar-refractivity contribution in [1.29, 1.82) is 0 Å². The molecule has 0 saturated heterocycles. The van der Waals surface area contributed by atoms with Crippen LogP contribution in [0.2, 0.25) is 0 Å². The third kappa shape index (κ3) is 2.53. The minimum atomic E-state index is 0.165. The van der Waals surface area contributed by atoms with Gasteiger partial charge in [-0.3, -0.25) is 9.36 Å². The summed E-state index contributed by atoms with van der Waals surface area (Å²) in [4.78, 5) is 17.1. The maximum Gasteiger partial charge on any atom is 0.256 e. The van der Waals surface area contributed by atoms with Gasteiger partial charge in [0, 0.05) is 18.5 Å². The second-order valence-electron chi connectivity index (χ2n) is 5.50. The second kappa shape index (κ2) is 5.61. The molecule has 3 rings (SSSR count). The van der Waals surface area contributed by atoms with Gasteiger partial charge in [-0.15, -0.1) is 0 Å². The SMILES string of the molecule is Cc1c(CCc2ccccc2)nc2n(c1=O)CCCC2. The summed E-state index contributed by atoms with van der Waals surface area (Å²) in [5.41, 5.74) is 3.27. The van der Waals surface area contributed by atoms with Gasteiger partial charge in [0.1, 0.15) is 5.82 Å². The number of benzene rings is 1. The molecule has 0 amide bonds. The molecule has 2 aromatic rings. The van der Waals surface area contributed by atoms with Crippen LogP contribution in [-0.4, -0.2) is 9.55 Å². The Balaban J connectivity index is 1.87. The van der Waals surface area contributed by atoms with Gasteiger partial charge < -0.3 is 0 Å². The van der Waals surface area contributed by atoms with E-state index in [1.807, 2.05) is 17.6 Å². The van der Waals surface area contributed by atoms with Crippen LogP contribution in [-0.2, 0) is 25.8 Å². The number of hydrogen-bond donors (Lipinski definition) is 0. The molecule has 1 aliphatic rings. The maximum atomic E-state index is 12.4. The van der Waals surface area contributed by atoms with Crippen molar-refractivity contribution in [3.8, 4) is 0 Å². The zero-order chi connectivity index (χ0) is 13.9. The molecule has 3 nitrogen and oxygen atoms in total. The Labute approximate surface area is 119 Å². The Kier molecular flexibility index (Phi) is 3.68. The normalized spacial score (nSPS) is 14.1. The molecule has 1 aliphatic heterocycles. The molecule has 0 bridgehead atoms. The van der Waals surface area contributed by atoms with Gasteiger partial charge in [-0.1, -0.05) is 30.3 Å². The number of hydrogen-bond acceptors (Lipinski definition) is 2. The fourth-order valence-electron chi connectivity index (χ4n) is 2.87.